The second-order valence-electron chi connectivity index (χ2n) is 5.15. The number of hydrogen-bond donors (Lipinski definition) is 0. The van der Waals surface area contributed by atoms with E-state index in [2.05, 4.69) is 0 Å². The fourth-order valence-corrected chi connectivity index (χ4v) is 2.32. The summed E-state index contributed by atoms with van der Waals surface area (Å²) in [6, 6.07) is 15.6. The molecule has 0 N–H and O–H groups in total. The maximum Gasteiger partial charge on any atom is 0.337 e. The van der Waals surface area contributed by atoms with Crippen LogP contribution in [-0.2, 0) is 16.1 Å². The van der Waals surface area contributed by atoms with Crippen molar-refractivity contribution in [1.82, 2.24) is 0 Å². The Balaban J connectivity index is 1.70. The monoisotopic (exact) mass is 310 g/mol. The standard InChI is InChI=1S/C19H18O4/c1-2-21-19(20)16-10-15-8-9-17(11-18(15)23-13-16)22-12-14-6-4-3-5-7-14/h3-11H,2,12-13H2,1H3. The fourth-order valence-electron chi connectivity index (χ4n) is 2.32. The van der Waals surface area contributed by atoms with Crippen molar-refractivity contribution in [3.63, 3.8) is 0 Å². The van der Waals surface area contributed by atoms with Gasteiger partial charge in [0.15, 0.2) is 0 Å². The second kappa shape index (κ2) is 7.01. The molecule has 1 aliphatic rings. The summed E-state index contributed by atoms with van der Waals surface area (Å²) in [7, 11) is 0. The third-order valence-electron chi connectivity index (χ3n) is 3.48. The Morgan fingerprint density at radius 2 is 2.00 bits per heavy atom. The Morgan fingerprint density at radius 1 is 1.17 bits per heavy atom. The van der Waals surface area contributed by atoms with Crippen LogP contribution in [0.2, 0.25) is 0 Å². The maximum atomic E-state index is 11.7. The van der Waals surface area contributed by atoms with Crippen LogP contribution in [0.3, 0.4) is 0 Å². The smallest absolute Gasteiger partial charge is 0.337 e. The highest BCUT2D eigenvalue weighted by Crippen LogP contribution is 2.31. The van der Waals surface area contributed by atoms with Crippen LogP contribution < -0.4 is 9.47 Å². The van der Waals surface area contributed by atoms with E-state index in [0.29, 0.717) is 24.5 Å². The SMILES string of the molecule is CCOC(=O)C1=Cc2ccc(OCc3ccccc3)cc2OC1. The third kappa shape index (κ3) is 3.72. The van der Waals surface area contributed by atoms with Gasteiger partial charge >= 0.3 is 5.97 Å². The number of esters is 1. The van der Waals surface area contributed by atoms with Gasteiger partial charge in [-0.25, -0.2) is 4.79 Å². The van der Waals surface area contributed by atoms with Crippen LogP contribution in [0.15, 0.2) is 54.1 Å². The van der Waals surface area contributed by atoms with E-state index in [4.69, 9.17) is 14.2 Å². The van der Waals surface area contributed by atoms with Gasteiger partial charge in [-0.15, -0.1) is 0 Å². The molecule has 118 valence electrons. The molecule has 0 radical (unpaired) electrons. The van der Waals surface area contributed by atoms with Crippen molar-refractivity contribution in [2.45, 2.75) is 13.5 Å². The number of fused-ring (bicyclic) bond motifs is 1. The van der Waals surface area contributed by atoms with Gasteiger partial charge in [0.2, 0.25) is 0 Å². The molecule has 2 aromatic carbocycles. The number of carbonyl (C=O) groups is 1. The van der Waals surface area contributed by atoms with Crippen molar-refractivity contribution in [3.05, 3.63) is 65.2 Å². The molecule has 1 heterocycles. The summed E-state index contributed by atoms with van der Waals surface area (Å²) in [5.41, 5.74) is 2.49. The largest absolute Gasteiger partial charge is 0.489 e. The summed E-state index contributed by atoms with van der Waals surface area (Å²) < 4.78 is 16.4. The molecular weight excluding hydrogens is 292 g/mol. The van der Waals surface area contributed by atoms with E-state index in [1.807, 2.05) is 48.5 Å². The van der Waals surface area contributed by atoms with E-state index in [1.165, 1.54) is 0 Å². The summed E-state index contributed by atoms with van der Waals surface area (Å²) in [6.45, 7) is 2.86. The first kappa shape index (κ1) is 15.2. The molecule has 3 rings (SSSR count). The zero-order valence-corrected chi connectivity index (χ0v) is 13.0. The summed E-state index contributed by atoms with van der Waals surface area (Å²) in [5.74, 6) is 1.12. The first-order chi connectivity index (χ1) is 11.3. The predicted octanol–water partition coefficient (Wildman–Crippen LogP) is 3.60. The van der Waals surface area contributed by atoms with Crippen molar-refractivity contribution in [2.75, 3.05) is 13.2 Å². The van der Waals surface area contributed by atoms with Gasteiger partial charge in [-0.3, -0.25) is 0 Å². The number of benzene rings is 2. The number of ether oxygens (including phenoxy) is 3. The molecule has 0 aromatic heterocycles. The Morgan fingerprint density at radius 3 is 2.78 bits per heavy atom. The highest BCUT2D eigenvalue weighted by atomic mass is 16.5. The number of hydrogen-bond acceptors (Lipinski definition) is 4. The molecule has 0 saturated heterocycles. The topological polar surface area (TPSA) is 44.8 Å². The maximum absolute atomic E-state index is 11.7. The van der Waals surface area contributed by atoms with Crippen molar-refractivity contribution in [1.29, 1.82) is 0 Å². The molecule has 0 amide bonds. The van der Waals surface area contributed by atoms with E-state index < -0.39 is 0 Å². The third-order valence-corrected chi connectivity index (χ3v) is 3.48. The molecule has 0 saturated carbocycles. The van der Waals surface area contributed by atoms with Gasteiger partial charge in [-0.1, -0.05) is 30.3 Å². The van der Waals surface area contributed by atoms with Crippen molar-refractivity contribution < 1.29 is 19.0 Å². The minimum absolute atomic E-state index is 0.216. The number of rotatable bonds is 5. The number of carbonyl (C=O) groups excluding carboxylic acids is 1. The van der Waals surface area contributed by atoms with Crippen molar-refractivity contribution >= 4 is 12.0 Å². The highest BCUT2D eigenvalue weighted by Gasteiger charge is 2.18. The molecule has 2 aromatic rings. The van der Waals surface area contributed by atoms with Crippen LogP contribution in [0, 0.1) is 0 Å². The quantitative estimate of drug-likeness (QED) is 0.792. The molecule has 23 heavy (non-hydrogen) atoms. The van der Waals surface area contributed by atoms with E-state index >= 15 is 0 Å². The van der Waals surface area contributed by atoms with Crippen LogP contribution in [0.5, 0.6) is 11.5 Å². The van der Waals surface area contributed by atoms with E-state index in [0.717, 1.165) is 16.9 Å². The highest BCUT2D eigenvalue weighted by molar-refractivity contribution is 5.95. The molecule has 1 aliphatic heterocycles. The summed E-state index contributed by atoms with van der Waals surface area (Å²) in [5, 5.41) is 0. The Kier molecular flexibility index (Phi) is 4.62. The van der Waals surface area contributed by atoms with Crippen molar-refractivity contribution in [3.8, 4) is 11.5 Å². The van der Waals surface area contributed by atoms with Crippen LogP contribution in [0.25, 0.3) is 6.08 Å². The average Bonchev–Trinajstić information content (AvgIpc) is 2.60. The lowest BCUT2D eigenvalue weighted by molar-refractivity contribution is -0.138. The van der Waals surface area contributed by atoms with E-state index in [9.17, 15) is 4.79 Å². The molecular formula is C19H18O4. The molecule has 4 nitrogen and oxygen atoms in total. The predicted molar refractivity (Wildman–Crippen MR) is 87.3 cm³/mol. The van der Waals surface area contributed by atoms with Gasteiger partial charge in [-0.05, 0) is 30.7 Å². The van der Waals surface area contributed by atoms with E-state index in [-0.39, 0.29) is 12.6 Å². The van der Waals surface area contributed by atoms with Gasteiger partial charge in [0, 0.05) is 11.6 Å². The molecule has 4 heteroatoms. The zero-order valence-electron chi connectivity index (χ0n) is 13.0. The molecule has 0 atom stereocenters. The molecule has 0 spiro atoms. The lowest BCUT2D eigenvalue weighted by Gasteiger charge is -2.18. The van der Waals surface area contributed by atoms with E-state index in [1.54, 1.807) is 13.0 Å². The lowest BCUT2D eigenvalue weighted by atomic mass is 10.1. The molecule has 0 fully saturated rings. The summed E-state index contributed by atoms with van der Waals surface area (Å²) in [4.78, 5) is 11.7. The molecule has 0 unspecified atom stereocenters. The second-order valence-corrected chi connectivity index (χ2v) is 5.15. The molecule has 0 bridgehead atoms. The summed E-state index contributed by atoms with van der Waals surface area (Å²) in [6.07, 6.45) is 1.80. The van der Waals surface area contributed by atoms with Crippen LogP contribution in [0.4, 0.5) is 0 Å². The van der Waals surface area contributed by atoms with Gasteiger partial charge in [-0.2, -0.15) is 0 Å². The minimum Gasteiger partial charge on any atom is -0.489 e. The van der Waals surface area contributed by atoms with Gasteiger partial charge in [0.1, 0.15) is 24.7 Å². The Hall–Kier alpha value is -2.75. The zero-order chi connectivity index (χ0) is 16.1. The van der Waals surface area contributed by atoms with Crippen LogP contribution >= 0.6 is 0 Å². The van der Waals surface area contributed by atoms with Crippen LogP contribution in [0.1, 0.15) is 18.1 Å². The lowest BCUT2D eigenvalue weighted by Crippen LogP contribution is -2.17. The first-order valence-corrected chi connectivity index (χ1v) is 7.57. The molecule has 0 aliphatic carbocycles. The Bertz CT molecular complexity index is 719. The normalized spacial score (nSPS) is 12.7. The first-order valence-electron chi connectivity index (χ1n) is 7.57. The van der Waals surface area contributed by atoms with Gasteiger partial charge in [0.25, 0.3) is 0 Å². The van der Waals surface area contributed by atoms with Crippen LogP contribution in [-0.4, -0.2) is 19.2 Å². The Labute approximate surface area is 135 Å². The minimum atomic E-state index is -0.331. The average molecular weight is 310 g/mol. The van der Waals surface area contributed by atoms with Gasteiger partial charge in [0.05, 0.1) is 12.2 Å². The fraction of sp³-hybridized carbons (Fsp3) is 0.211. The summed E-state index contributed by atoms with van der Waals surface area (Å²) >= 11 is 0. The van der Waals surface area contributed by atoms with Crippen molar-refractivity contribution in [2.24, 2.45) is 0 Å². The van der Waals surface area contributed by atoms with Gasteiger partial charge < -0.3 is 14.2 Å².